The zero-order valence-electron chi connectivity index (χ0n) is 14.5. The SMILES string of the molecule is CCC(O)CCCCCC/C=C/C=C(O)/C=C/C=C/C=C/C(=O)O. The van der Waals surface area contributed by atoms with E-state index in [0.717, 1.165) is 51.0 Å². The lowest BCUT2D eigenvalue weighted by molar-refractivity contribution is -0.131. The molecule has 0 aromatic carbocycles. The molecule has 0 bridgehead atoms. The number of aliphatic hydroxyl groups excluding tert-OH is 2. The van der Waals surface area contributed by atoms with E-state index in [0.29, 0.717) is 0 Å². The van der Waals surface area contributed by atoms with Gasteiger partial charge >= 0.3 is 5.97 Å². The average molecular weight is 334 g/mol. The number of carbonyl (C=O) groups is 1. The van der Waals surface area contributed by atoms with E-state index in [2.05, 4.69) is 0 Å². The Labute approximate surface area is 145 Å². The maximum absolute atomic E-state index is 10.2. The van der Waals surface area contributed by atoms with E-state index in [4.69, 9.17) is 5.11 Å². The molecule has 0 fully saturated rings. The van der Waals surface area contributed by atoms with Crippen molar-refractivity contribution < 1.29 is 20.1 Å². The van der Waals surface area contributed by atoms with Crippen molar-refractivity contribution in [1.82, 2.24) is 0 Å². The van der Waals surface area contributed by atoms with Gasteiger partial charge in [-0.1, -0.05) is 62.6 Å². The third-order valence-corrected chi connectivity index (χ3v) is 3.37. The van der Waals surface area contributed by atoms with E-state index in [1.165, 1.54) is 12.2 Å². The minimum atomic E-state index is -0.991. The molecule has 0 rings (SSSR count). The summed E-state index contributed by atoms with van der Waals surface area (Å²) in [6.45, 7) is 2.00. The Morgan fingerprint density at radius 1 is 0.917 bits per heavy atom. The van der Waals surface area contributed by atoms with Crippen LogP contribution in [-0.2, 0) is 4.79 Å². The average Bonchev–Trinajstić information content (AvgIpc) is 2.55. The maximum Gasteiger partial charge on any atom is 0.328 e. The van der Waals surface area contributed by atoms with Gasteiger partial charge in [-0.25, -0.2) is 4.79 Å². The fourth-order valence-corrected chi connectivity index (χ4v) is 1.94. The van der Waals surface area contributed by atoms with Crippen molar-refractivity contribution in [1.29, 1.82) is 0 Å². The zero-order valence-corrected chi connectivity index (χ0v) is 14.5. The van der Waals surface area contributed by atoms with Crippen molar-refractivity contribution in [3.8, 4) is 0 Å². The van der Waals surface area contributed by atoms with Crippen LogP contribution in [-0.4, -0.2) is 27.4 Å². The predicted octanol–water partition coefficient (Wildman–Crippen LogP) is 4.85. The Hall–Kier alpha value is -2.07. The predicted molar refractivity (Wildman–Crippen MR) is 98.9 cm³/mol. The Morgan fingerprint density at radius 2 is 1.58 bits per heavy atom. The van der Waals surface area contributed by atoms with Crippen LogP contribution in [0.1, 0.15) is 51.9 Å². The summed E-state index contributed by atoms with van der Waals surface area (Å²) in [7, 11) is 0. The highest BCUT2D eigenvalue weighted by molar-refractivity contribution is 5.80. The van der Waals surface area contributed by atoms with Gasteiger partial charge in [0.15, 0.2) is 0 Å². The first-order valence-electron chi connectivity index (χ1n) is 8.54. The van der Waals surface area contributed by atoms with Gasteiger partial charge in [-0.05, 0) is 37.8 Å². The van der Waals surface area contributed by atoms with Gasteiger partial charge in [-0.3, -0.25) is 0 Å². The van der Waals surface area contributed by atoms with Gasteiger partial charge in [-0.15, -0.1) is 0 Å². The molecule has 0 saturated carbocycles. The molecule has 0 aromatic rings. The van der Waals surface area contributed by atoms with Crippen molar-refractivity contribution in [3.05, 3.63) is 60.4 Å². The van der Waals surface area contributed by atoms with Crippen molar-refractivity contribution in [2.75, 3.05) is 0 Å². The number of unbranched alkanes of at least 4 members (excludes halogenated alkanes) is 4. The molecule has 1 unspecified atom stereocenters. The molecular formula is C20H30O4. The van der Waals surface area contributed by atoms with Gasteiger partial charge in [-0.2, -0.15) is 0 Å². The molecule has 0 aliphatic heterocycles. The van der Waals surface area contributed by atoms with Crippen molar-refractivity contribution in [2.45, 2.75) is 58.0 Å². The topological polar surface area (TPSA) is 77.8 Å². The molecule has 0 spiro atoms. The van der Waals surface area contributed by atoms with Crippen LogP contribution in [0.5, 0.6) is 0 Å². The molecule has 1 atom stereocenters. The van der Waals surface area contributed by atoms with Gasteiger partial charge in [0.05, 0.1) is 6.10 Å². The Morgan fingerprint density at radius 3 is 2.25 bits per heavy atom. The van der Waals surface area contributed by atoms with Crippen LogP contribution in [0.2, 0.25) is 0 Å². The van der Waals surface area contributed by atoms with Gasteiger partial charge in [0.1, 0.15) is 5.76 Å². The first-order valence-corrected chi connectivity index (χ1v) is 8.54. The third kappa shape index (κ3) is 16.3. The quantitative estimate of drug-likeness (QED) is 0.195. The zero-order chi connectivity index (χ0) is 18.0. The number of allylic oxidation sites excluding steroid dienone is 8. The van der Waals surface area contributed by atoms with Crippen LogP contribution < -0.4 is 0 Å². The number of hydrogen-bond donors (Lipinski definition) is 3. The summed E-state index contributed by atoms with van der Waals surface area (Å²) < 4.78 is 0. The molecular weight excluding hydrogens is 304 g/mol. The highest BCUT2D eigenvalue weighted by Gasteiger charge is 1.98. The van der Waals surface area contributed by atoms with E-state index >= 15 is 0 Å². The third-order valence-electron chi connectivity index (χ3n) is 3.37. The second kappa shape index (κ2) is 15.8. The van der Waals surface area contributed by atoms with Crippen LogP contribution in [0, 0.1) is 0 Å². The smallest absolute Gasteiger partial charge is 0.328 e. The number of rotatable bonds is 13. The Kier molecular flexibility index (Phi) is 14.4. The monoisotopic (exact) mass is 334 g/mol. The fourth-order valence-electron chi connectivity index (χ4n) is 1.94. The van der Waals surface area contributed by atoms with E-state index < -0.39 is 5.97 Å². The normalized spacial score (nSPS) is 14.5. The summed E-state index contributed by atoms with van der Waals surface area (Å²) >= 11 is 0. The highest BCUT2D eigenvalue weighted by Crippen LogP contribution is 2.09. The standard InChI is InChI=1S/C20H30O4/c1-2-18(21)14-10-6-4-3-5-7-11-15-19(22)16-12-8-9-13-17-20(23)24/h7-9,11-13,15-18,21-22H,2-6,10,14H2,1H3,(H,23,24)/b9-8+,11-7+,16-12+,17-13+,19-15-. The second-order valence-electron chi connectivity index (χ2n) is 5.51. The molecule has 0 aromatic heterocycles. The molecule has 0 radical (unpaired) electrons. The lowest BCUT2D eigenvalue weighted by Gasteiger charge is -2.06. The number of carboxylic acid groups (broad SMARTS) is 1. The molecule has 24 heavy (non-hydrogen) atoms. The summed E-state index contributed by atoms with van der Waals surface area (Å²) in [5.74, 6) is -0.846. The van der Waals surface area contributed by atoms with Crippen LogP contribution in [0.4, 0.5) is 0 Å². The summed E-state index contributed by atoms with van der Waals surface area (Å²) in [6.07, 6.45) is 21.4. The number of hydrogen-bond acceptors (Lipinski definition) is 3. The molecule has 4 heteroatoms. The molecule has 3 N–H and O–H groups in total. The van der Waals surface area contributed by atoms with Gasteiger partial charge < -0.3 is 15.3 Å². The van der Waals surface area contributed by atoms with E-state index in [9.17, 15) is 15.0 Å². The molecule has 0 amide bonds. The van der Waals surface area contributed by atoms with Crippen LogP contribution >= 0.6 is 0 Å². The van der Waals surface area contributed by atoms with Crippen LogP contribution in [0.25, 0.3) is 0 Å². The number of aliphatic carboxylic acids is 1. The first-order chi connectivity index (χ1) is 11.6. The minimum absolute atomic E-state index is 0.144. The van der Waals surface area contributed by atoms with Crippen LogP contribution in [0.3, 0.4) is 0 Å². The maximum atomic E-state index is 10.2. The summed E-state index contributed by atoms with van der Waals surface area (Å²) in [6, 6.07) is 0. The van der Waals surface area contributed by atoms with Crippen molar-refractivity contribution in [3.63, 3.8) is 0 Å². The lowest BCUT2D eigenvalue weighted by atomic mass is 10.1. The van der Waals surface area contributed by atoms with Crippen molar-refractivity contribution in [2.24, 2.45) is 0 Å². The molecule has 0 aliphatic rings. The first kappa shape index (κ1) is 21.9. The van der Waals surface area contributed by atoms with Gasteiger partial charge in [0.2, 0.25) is 0 Å². The molecule has 0 heterocycles. The van der Waals surface area contributed by atoms with Crippen LogP contribution in [0.15, 0.2) is 60.4 Å². The molecule has 4 nitrogen and oxygen atoms in total. The fraction of sp³-hybridized carbons (Fsp3) is 0.450. The largest absolute Gasteiger partial charge is 0.508 e. The van der Waals surface area contributed by atoms with E-state index in [-0.39, 0.29) is 11.9 Å². The summed E-state index contributed by atoms with van der Waals surface area (Å²) in [4.78, 5) is 10.2. The van der Waals surface area contributed by atoms with Gasteiger partial charge in [0.25, 0.3) is 0 Å². The van der Waals surface area contributed by atoms with Gasteiger partial charge in [0, 0.05) is 6.08 Å². The lowest BCUT2D eigenvalue weighted by Crippen LogP contribution is -2.03. The van der Waals surface area contributed by atoms with E-state index in [1.807, 2.05) is 19.1 Å². The number of aliphatic hydroxyl groups is 2. The highest BCUT2D eigenvalue weighted by atomic mass is 16.4. The minimum Gasteiger partial charge on any atom is -0.508 e. The van der Waals surface area contributed by atoms with Crippen molar-refractivity contribution >= 4 is 5.97 Å². The Bertz CT molecular complexity index is 470. The summed E-state index contributed by atoms with van der Waals surface area (Å²) in [5.41, 5.74) is 0. The van der Waals surface area contributed by atoms with E-state index in [1.54, 1.807) is 24.3 Å². The summed E-state index contributed by atoms with van der Waals surface area (Å²) in [5, 5.41) is 27.4. The molecule has 0 aliphatic carbocycles. The molecule has 134 valence electrons. The number of carboxylic acids is 1. The Balaban J connectivity index is 3.76. The molecule has 0 saturated heterocycles. The second-order valence-corrected chi connectivity index (χ2v) is 5.51.